The van der Waals surface area contributed by atoms with Crippen LogP contribution in [-0.2, 0) is 16.0 Å². The highest BCUT2D eigenvalue weighted by Crippen LogP contribution is 2.28. The zero-order valence-corrected chi connectivity index (χ0v) is 17.1. The first-order valence-corrected chi connectivity index (χ1v) is 10.7. The molecule has 1 aromatic heterocycles. The molecule has 142 valence electrons. The molecule has 0 aliphatic carbocycles. The lowest BCUT2D eigenvalue weighted by Crippen LogP contribution is -2.27. The van der Waals surface area contributed by atoms with Crippen molar-refractivity contribution in [2.24, 2.45) is 0 Å². The van der Waals surface area contributed by atoms with Crippen molar-refractivity contribution in [1.29, 1.82) is 0 Å². The fourth-order valence-electron chi connectivity index (χ4n) is 2.57. The lowest BCUT2D eigenvalue weighted by molar-refractivity contribution is -0.112. The summed E-state index contributed by atoms with van der Waals surface area (Å²) in [6.45, 7) is 2.86. The van der Waals surface area contributed by atoms with E-state index in [1.807, 2.05) is 17.5 Å². The van der Waals surface area contributed by atoms with Crippen LogP contribution < -0.4 is 10.6 Å². The Morgan fingerprint density at radius 1 is 1.26 bits per heavy atom. The molecule has 5 nitrogen and oxygen atoms in total. The van der Waals surface area contributed by atoms with Crippen molar-refractivity contribution in [2.45, 2.75) is 13.3 Å². The normalized spacial score (nSPS) is 13.9. The summed E-state index contributed by atoms with van der Waals surface area (Å²) in [5, 5.41) is 8.13. The van der Waals surface area contributed by atoms with Crippen molar-refractivity contribution in [3.8, 4) is 0 Å². The Bertz CT molecular complexity index is 866. The first-order valence-electron chi connectivity index (χ1n) is 8.42. The number of benzene rings is 1. The highest BCUT2D eigenvalue weighted by Gasteiger charge is 2.21. The summed E-state index contributed by atoms with van der Waals surface area (Å²) in [5.74, 6) is 0.756. The number of hydrogen-bond donors (Lipinski definition) is 2. The van der Waals surface area contributed by atoms with Crippen molar-refractivity contribution in [2.75, 3.05) is 24.2 Å². The standard InChI is InChI=1S/C19H19ClN2O3S2/c1-12-17(27-10-8-25-12)19(24)22-16-5-4-13(20)11-15(16)18(23)21-7-6-14-3-2-9-26-14/h2-5,9,11H,6-8,10H2,1H3,(H,21,23)(H,22,24). The van der Waals surface area contributed by atoms with E-state index >= 15 is 0 Å². The van der Waals surface area contributed by atoms with Crippen LogP contribution in [0, 0.1) is 0 Å². The quantitative estimate of drug-likeness (QED) is 0.728. The van der Waals surface area contributed by atoms with Gasteiger partial charge in [-0.15, -0.1) is 23.1 Å². The number of halogens is 1. The smallest absolute Gasteiger partial charge is 0.265 e. The zero-order valence-electron chi connectivity index (χ0n) is 14.7. The fraction of sp³-hybridized carbons (Fsp3) is 0.263. The van der Waals surface area contributed by atoms with Gasteiger partial charge >= 0.3 is 0 Å². The molecule has 0 saturated carbocycles. The van der Waals surface area contributed by atoms with Crippen molar-refractivity contribution in [3.05, 3.63) is 61.8 Å². The van der Waals surface area contributed by atoms with Crippen LogP contribution in [0.5, 0.6) is 0 Å². The van der Waals surface area contributed by atoms with Crippen LogP contribution in [0.4, 0.5) is 5.69 Å². The molecule has 1 aliphatic heterocycles. The molecule has 8 heteroatoms. The van der Waals surface area contributed by atoms with E-state index in [1.54, 1.807) is 36.5 Å². The summed E-state index contributed by atoms with van der Waals surface area (Å²) >= 11 is 9.16. The Morgan fingerprint density at radius 3 is 2.85 bits per heavy atom. The molecule has 0 radical (unpaired) electrons. The number of thioether (sulfide) groups is 1. The number of amides is 2. The fourth-order valence-corrected chi connectivity index (χ4v) is 4.27. The SMILES string of the molecule is CC1=C(C(=O)Nc2ccc(Cl)cc2C(=O)NCCc2cccs2)SCCO1. The number of thiophene rings is 1. The van der Waals surface area contributed by atoms with Gasteiger partial charge in [0.25, 0.3) is 11.8 Å². The maximum absolute atomic E-state index is 12.6. The topological polar surface area (TPSA) is 67.4 Å². The molecule has 0 atom stereocenters. The summed E-state index contributed by atoms with van der Waals surface area (Å²) in [6, 6.07) is 8.85. The Morgan fingerprint density at radius 2 is 2.11 bits per heavy atom. The molecule has 1 aromatic carbocycles. The van der Waals surface area contributed by atoms with Gasteiger partial charge in [-0.25, -0.2) is 0 Å². The van der Waals surface area contributed by atoms with E-state index in [9.17, 15) is 9.59 Å². The summed E-state index contributed by atoms with van der Waals surface area (Å²) in [6.07, 6.45) is 0.756. The molecule has 0 spiro atoms. The molecule has 0 saturated heterocycles. The average molecular weight is 423 g/mol. The highest BCUT2D eigenvalue weighted by atomic mass is 35.5. The molecule has 2 heterocycles. The van der Waals surface area contributed by atoms with E-state index in [2.05, 4.69) is 10.6 Å². The van der Waals surface area contributed by atoms with E-state index in [1.165, 1.54) is 16.6 Å². The van der Waals surface area contributed by atoms with Gasteiger partial charge in [0.05, 0.1) is 17.9 Å². The molecule has 2 aromatic rings. The van der Waals surface area contributed by atoms with E-state index in [4.69, 9.17) is 16.3 Å². The summed E-state index contributed by atoms with van der Waals surface area (Å²) in [5.41, 5.74) is 0.756. The number of rotatable bonds is 6. The van der Waals surface area contributed by atoms with Gasteiger partial charge in [0.15, 0.2) is 0 Å². The summed E-state index contributed by atoms with van der Waals surface area (Å²) < 4.78 is 5.43. The molecule has 0 unspecified atom stereocenters. The number of anilines is 1. The van der Waals surface area contributed by atoms with E-state index in [0.29, 0.717) is 40.1 Å². The molecule has 0 fully saturated rings. The Balaban J connectivity index is 1.70. The third kappa shape index (κ3) is 5.28. The number of carbonyl (C=O) groups excluding carboxylic acids is 2. The Hall–Kier alpha value is -1.96. The third-order valence-electron chi connectivity index (χ3n) is 3.89. The molecule has 27 heavy (non-hydrogen) atoms. The second kappa shape index (κ2) is 9.30. The van der Waals surface area contributed by atoms with E-state index in [-0.39, 0.29) is 11.8 Å². The number of carbonyl (C=O) groups is 2. The number of allylic oxidation sites excluding steroid dienone is 1. The van der Waals surface area contributed by atoms with Crippen LogP contribution in [0.15, 0.2) is 46.4 Å². The van der Waals surface area contributed by atoms with Crippen LogP contribution in [-0.4, -0.2) is 30.7 Å². The second-order valence-electron chi connectivity index (χ2n) is 5.81. The highest BCUT2D eigenvalue weighted by molar-refractivity contribution is 8.04. The van der Waals surface area contributed by atoms with Crippen LogP contribution in [0.2, 0.25) is 5.02 Å². The van der Waals surface area contributed by atoms with Gasteiger partial charge in [-0.3, -0.25) is 9.59 Å². The maximum Gasteiger partial charge on any atom is 0.265 e. The number of ether oxygens (including phenoxy) is 1. The van der Waals surface area contributed by atoms with Crippen LogP contribution in [0.3, 0.4) is 0 Å². The molecule has 2 amide bonds. The molecule has 0 bridgehead atoms. The zero-order chi connectivity index (χ0) is 19.2. The van der Waals surface area contributed by atoms with Crippen molar-refractivity contribution in [3.63, 3.8) is 0 Å². The van der Waals surface area contributed by atoms with E-state index < -0.39 is 0 Å². The minimum Gasteiger partial charge on any atom is -0.496 e. The summed E-state index contributed by atoms with van der Waals surface area (Å²) in [4.78, 5) is 26.9. The molecule has 1 aliphatic rings. The van der Waals surface area contributed by atoms with Crippen LogP contribution in [0.1, 0.15) is 22.2 Å². The van der Waals surface area contributed by atoms with Gasteiger partial charge in [-0.2, -0.15) is 0 Å². The minimum absolute atomic E-state index is 0.275. The predicted octanol–water partition coefficient (Wildman–Crippen LogP) is 4.31. The van der Waals surface area contributed by atoms with Gasteiger partial charge in [0, 0.05) is 22.2 Å². The van der Waals surface area contributed by atoms with Gasteiger partial charge in [-0.05, 0) is 43.0 Å². The average Bonchev–Trinajstić information content (AvgIpc) is 3.17. The van der Waals surface area contributed by atoms with Gasteiger partial charge in [-0.1, -0.05) is 17.7 Å². The van der Waals surface area contributed by atoms with Gasteiger partial charge in [0.1, 0.15) is 10.7 Å². The third-order valence-corrected chi connectivity index (χ3v) is 6.19. The summed E-state index contributed by atoms with van der Waals surface area (Å²) in [7, 11) is 0. The van der Waals surface area contributed by atoms with Crippen molar-refractivity contribution < 1.29 is 14.3 Å². The number of hydrogen-bond acceptors (Lipinski definition) is 5. The monoisotopic (exact) mass is 422 g/mol. The first kappa shape index (κ1) is 19.8. The second-order valence-corrected chi connectivity index (χ2v) is 8.39. The van der Waals surface area contributed by atoms with Crippen molar-refractivity contribution >= 4 is 52.2 Å². The maximum atomic E-state index is 12.6. The molecule has 3 rings (SSSR count). The Labute approximate surface area is 171 Å². The van der Waals surface area contributed by atoms with Crippen LogP contribution >= 0.6 is 34.7 Å². The lowest BCUT2D eigenvalue weighted by atomic mass is 10.1. The largest absolute Gasteiger partial charge is 0.496 e. The minimum atomic E-state index is -0.285. The van der Waals surface area contributed by atoms with Gasteiger partial charge in [0.2, 0.25) is 0 Å². The van der Waals surface area contributed by atoms with Crippen molar-refractivity contribution in [1.82, 2.24) is 5.32 Å². The van der Waals surface area contributed by atoms with Gasteiger partial charge < -0.3 is 15.4 Å². The Kier molecular flexibility index (Phi) is 6.82. The number of nitrogens with one attached hydrogen (secondary N) is 2. The molecule has 2 N–H and O–H groups in total. The lowest BCUT2D eigenvalue weighted by Gasteiger charge is -2.18. The molecular formula is C19H19ClN2O3S2. The first-order chi connectivity index (χ1) is 13.0. The molecular weight excluding hydrogens is 404 g/mol. The predicted molar refractivity (Wildman–Crippen MR) is 112 cm³/mol. The van der Waals surface area contributed by atoms with Crippen LogP contribution in [0.25, 0.3) is 0 Å². The van der Waals surface area contributed by atoms with E-state index in [0.717, 1.165) is 12.2 Å².